The van der Waals surface area contributed by atoms with E-state index in [2.05, 4.69) is 4.98 Å². The van der Waals surface area contributed by atoms with E-state index in [1.165, 1.54) is 7.11 Å². The maximum absolute atomic E-state index is 5.97. The standard InChI is InChI=1S/C8H3Cl8NO/c1-18-4-2(9)5(7(11,12)13)17-6(3(4)10)8(14,15)16/h1H3. The van der Waals surface area contributed by atoms with E-state index in [4.69, 9.17) is 97.5 Å². The van der Waals surface area contributed by atoms with Crippen LogP contribution in [0, 0.1) is 0 Å². The molecule has 0 aliphatic heterocycles. The Bertz CT molecular complexity index is 425. The minimum atomic E-state index is -1.92. The molecule has 0 spiro atoms. The lowest BCUT2D eigenvalue weighted by Crippen LogP contribution is -2.13. The Morgan fingerprint density at radius 1 is 0.833 bits per heavy atom. The molecule has 18 heavy (non-hydrogen) atoms. The van der Waals surface area contributed by atoms with Gasteiger partial charge in [-0.1, -0.05) is 92.8 Å². The lowest BCUT2D eigenvalue weighted by Gasteiger charge is -2.20. The summed E-state index contributed by atoms with van der Waals surface area (Å²) in [5.41, 5.74) is -0.284. The van der Waals surface area contributed by atoms with Gasteiger partial charge in [-0.05, 0) is 0 Å². The number of methoxy groups -OCH3 is 1. The minimum Gasteiger partial charge on any atom is -0.493 e. The second-order valence-electron chi connectivity index (χ2n) is 2.97. The second kappa shape index (κ2) is 5.95. The Balaban J connectivity index is 3.68. The van der Waals surface area contributed by atoms with Gasteiger partial charge in [-0.15, -0.1) is 0 Å². The van der Waals surface area contributed by atoms with Crippen molar-refractivity contribution in [3.05, 3.63) is 21.4 Å². The number of aromatic nitrogens is 1. The highest BCUT2D eigenvalue weighted by atomic mass is 35.6. The topological polar surface area (TPSA) is 22.1 Å². The highest BCUT2D eigenvalue weighted by molar-refractivity contribution is 6.68. The molecule has 0 amide bonds. The van der Waals surface area contributed by atoms with Gasteiger partial charge in [-0.2, -0.15) is 0 Å². The van der Waals surface area contributed by atoms with Crippen molar-refractivity contribution in [1.29, 1.82) is 0 Å². The fourth-order valence-corrected chi connectivity index (χ4v) is 2.95. The van der Waals surface area contributed by atoms with Crippen molar-refractivity contribution < 1.29 is 4.74 Å². The summed E-state index contributed by atoms with van der Waals surface area (Å²) in [5.74, 6) is 0.0102. The zero-order valence-corrected chi connectivity index (χ0v) is 14.4. The van der Waals surface area contributed by atoms with Crippen molar-refractivity contribution in [2.24, 2.45) is 0 Å². The predicted molar refractivity (Wildman–Crippen MR) is 79.3 cm³/mol. The Kier molecular flexibility index (Phi) is 5.72. The van der Waals surface area contributed by atoms with Gasteiger partial charge >= 0.3 is 0 Å². The van der Waals surface area contributed by atoms with Gasteiger partial charge in [0, 0.05) is 0 Å². The maximum atomic E-state index is 5.97. The largest absolute Gasteiger partial charge is 0.493 e. The molecule has 2 nitrogen and oxygen atoms in total. The third-order valence-corrected chi connectivity index (χ3v) is 3.55. The van der Waals surface area contributed by atoms with Crippen LogP contribution in [0.4, 0.5) is 0 Å². The molecule has 0 saturated heterocycles. The quantitative estimate of drug-likeness (QED) is 0.524. The Hall–Kier alpha value is 1.27. The molecule has 102 valence electrons. The average molecular weight is 413 g/mol. The van der Waals surface area contributed by atoms with Crippen LogP contribution in [0.5, 0.6) is 5.75 Å². The van der Waals surface area contributed by atoms with Crippen molar-refractivity contribution in [1.82, 2.24) is 4.98 Å². The third-order valence-electron chi connectivity index (χ3n) is 1.78. The van der Waals surface area contributed by atoms with Gasteiger partial charge in [0.05, 0.1) is 7.11 Å². The monoisotopic (exact) mass is 409 g/mol. The lowest BCUT2D eigenvalue weighted by molar-refractivity contribution is 0.413. The Morgan fingerprint density at radius 2 is 1.17 bits per heavy atom. The molecule has 1 aromatic rings. The van der Waals surface area contributed by atoms with Crippen LogP contribution in [0.2, 0.25) is 10.0 Å². The first kappa shape index (κ1) is 17.3. The molecular formula is C8H3Cl8NO. The van der Waals surface area contributed by atoms with E-state index in [-0.39, 0.29) is 27.2 Å². The van der Waals surface area contributed by atoms with Crippen LogP contribution in [0.15, 0.2) is 0 Å². The van der Waals surface area contributed by atoms with Gasteiger partial charge in [0.25, 0.3) is 0 Å². The first-order chi connectivity index (χ1) is 8.00. The van der Waals surface area contributed by atoms with Crippen molar-refractivity contribution in [2.75, 3.05) is 7.11 Å². The van der Waals surface area contributed by atoms with Gasteiger partial charge < -0.3 is 4.74 Å². The number of rotatable bonds is 1. The van der Waals surface area contributed by atoms with Crippen LogP contribution in [-0.4, -0.2) is 12.1 Å². The van der Waals surface area contributed by atoms with Gasteiger partial charge in [0.15, 0.2) is 5.75 Å². The lowest BCUT2D eigenvalue weighted by atomic mass is 10.3. The van der Waals surface area contributed by atoms with E-state index in [9.17, 15) is 0 Å². The average Bonchev–Trinajstić information content (AvgIpc) is 2.14. The number of hydrogen-bond donors (Lipinski definition) is 0. The fraction of sp³-hybridized carbons (Fsp3) is 0.375. The molecule has 1 heterocycles. The Morgan fingerprint density at radius 3 is 1.39 bits per heavy atom. The smallest absolute Gasteiger partial charge is 0.234 e. The number of pyridine rings is 1. The third kappa shape index (κ3) is 3.67. The first-order valence-corrected chi connectivity index (χ1v) is 7.10. The molecule has 0 saturated carbocycles. The molecule has 0 fully saturated rings. The van der Waals surface area contributed by atoms with Crippen molar-refractivity contribution in [2.45, 2.75) is 7.59 Å². The van der Waals surface area contributed by atoms with Gasteiger partial charge in [0.1, 0.15) is 21.4 Å². The van der Waals surface area contributed by atoms with Gasteiger partial charge in [-0.25, -0.2) is 4.98 Å². The van der Waals surface area contributed by atoms with Crippen LogP contribution >= 0.6 is 92.8 Å². The number of hydrogen-bond acceptors (Lipinski definition) is 2. The molecule has 0 aromatic carbocycles. The molecule has 0 aliphatic carbocycles. The number of halogens is 8. The van der Waals surface area contributed by atoms with Crippen LogP contribution < -0.4 is 4.74 Å². The summed E-state index contributed by atoms with van der Waals surface area (Å²) in [6, 6.07) is 0. The molecule has 0 radical (unpaired) electrons. The normalized spacial score (nSPS) is 12.7. The highest BCUT2D eigenvalue weighted by Gasteiger charge is 2.37. The highest BCUT2D eigenvalue weighted by Crippen LogP contribution is 2.50. The van der Waals surface area contributed by atoms with E-state index >= 15 is 0 Å². The molecule has 0 aliphatic rings. The summed E-state index contributed by atoms with van der Waals surface area (Å²) in [4.78, 5) is 3.89. The zero-order chi connectivity index (χ0) is 14.3. The van der Waals surface area contributed by atoms with Crippen LogP contribution in [-0.2, 0) is 7.59 Å². The fourth-order valence-electron chi connectivity index (χ4n) is 1.08. The molecule has 10 heteroatoms. The molecule has 1 aromatic heterocycles. The molecule has 0 unspecified atom stereocenters. The van der Waals surface area contributed by atoms with E-state index in [0.717, 1.165) is 0 Å². The summed E-state index contributed by atoms with van der Waals surface area (Å²) >= 11 is 46.3. The summed E-state index contributed by atoms with van der Waals surface area (Å²) < 4.78 is 1.16. The molecule has 1 rings (SSSR count). The van der Waals surface area contributed by atoms with E-state index in [1.54, 1.807) is 0 Å². The molecule has 0 atom stereocenters. The number of nitrogens with zero attached hydrogens (tertiary/aromatic N) is 1. The van der Waals surface area contributed by atoms with Crippen molar-refractivity contribution in [3.8, 4) is 5.75 Å². The van der Waals surface area contributed by atoms with Crippen LogP contribution in [0.1, 0.15) is 11.4 Å². The van der Waals surface area contributed by atoms with Gasteiger partial charge in [0.2, 0.25) is 7.59 Å². The molecule has 0 N–H and O–H groups in total. The number of ether oxygens (including phenoxy) is 1. The molecular weight excluding hydrogens is 410 g/mol. The summed E-state index contributed by atoms with van der Waals surface area (Å²) in [6.45, 7) is 0. The van der Waals surface area contributed by atoms with E-state index < -0.39 is 7.59 Å². The Labute approximate surface area is 143 Å². The van der Waals surface area contributed by atoms with Crippen molar-refractivity contribution in [3.63, 3.8) is 0 Å². The SMILES string of the molecule is COc1c(Cl)c(C(Cl)(Cl)Cl)nc(C(Cl)(Cl)Cl)c1Cl. The summed E-state index contributed by atoms with van der Waals surface area (Å²) in [7, 11) is 1.32. The number of alkyl halides is 6. The van der Waals surface area contributed by atoms with E-state index in [1.807, 2.05) is 0 Å². The minimum absolute atomic E-state index is 0.0102. The zero-order valence-electron chi connectivity index (χ0n) is 8.38. The second-order valence-corrected chi connectivity index (χ2v) is 8.28. The van der Waals surface area contributed by atoms with Crippen molar-refractivity contribution >= 4 is 92.8 Å². The first-order valence-electron chi connectivity index (χ1n) is 4.07. The van der Waals surface area contributed by atoms with Crippen LogP contribution in [0.3, 0.4) is 0 Å². The maximum Gasteiger partial charge on any atom is 0.234 e. The molecule has 0 bridgehead atoms. The summed E-state index contributed by atoms with van der Waals surface area (Å²) in [5, 5.41) is -0.138. The van der Waals surface area contributed by atoms with E-state index in [0.29, 0.717) is 0 Å². The van der Waals surface area contributed by atoms with Gasteiger partial charge in [-0.3, -0.25) is 0 Å². The van der Waals surface area contributed by atoms with Crippen LogP contribution in [0.25, 0.3) is 0 Å². The summed E-state index contributed by atoms with van der Waals surface area (Å²) in [6.07, 6.45) is 0. The predicted octanol–water partition coefficient (Wildman–Crippen LogP) is 6.05.